The zero-order valence-electron chi connectivity index (χ0n) is 20.0. The van der Waals surface area contributed by atoms with Gasteiger partial charge in [0.15, 0.2) is 0 Å². The summed E-state index contributed by atoms with van der Waals surface area (Å²) in [6, 6.07) is 11.9. The molecule has 0 aliphatic rings. The van der Waals surface area contributed by atoms with Crippen LogP contribution in [0, 0.1) is 0 Å². The van der Waals surface area contributed by atoms with Crippen LogP contribution in [0.4, 0.5) is 4.79 Å². The van der Waals surface area contributed by atoms with Crippen molar-refractivity contribution in [3.05, 3.63) is 58.7 Å². The maximum Gasteiger partial charge on any atom is 0.519 e. The Bertz CT molecular complexity index is 810. The monoisotopic (exact) mass is 424 g/mol. The SMILES string of the molecule is CCCCCCc1ccccc1OC(=O)Oc1ccc(CCC)c(CCC)c1CCC. The molecule has 0 amide bonds. The number of rotatable bonds is 13. The smallest absolute Gasteiger partial charge is 0.394 e. The van der Waals surface area contributed by atoms with Gasteiger partial charge in [-0.2, -0.15) is 0 Å². The van der Waals surface area contributed by atoms with E-state index in [4.69, 9.17) is 9.47 Å². The lowest BCUT2D eigenvalue weighted by Crippen LogP contribution is -2.16. The minimum absolute atomic E-state index is 0.609. The van der Waals surface area contributed by atoms with Crippen molar-refractivity contribution in [1.29, 1.82) is 0 Å². The van der Waals surface area contributed by atoms with Crippen LogP contribution in [0.3, 0.4) is 0 Å². The number of para-hydroxylation sites is 1. The minimum Gasteiger partial charge on any atom is -0.394 e. The average molecular weight is 425 g/mol. The standard InChI is InChI=1S/C28H40O3/c1-5-9-10-11-17-23-18-12-13-19-26(23)30-28(29)31-27-21-20-22(14-6-2)24(15-7-3)25(27)16-8-4/h12-13,18-21H,5-11,14-17H2,1-4H3. The van der Waals surface area contributed by atoms with Gasteiger partial charge in [-0.25, -0.2) is 4.79 Å². The molecule has 2 aromatic carbocycles. The molecular weight excluding hydrogens is 384 g/mol. The van der Waals surface area contributed by atoms with Crippen LogP contribution >= 0.6 is 0 Å². The third kappa shape index (κ3) is 7.72. The summed E-state index contributed by atoms with van der Waals surface area (Å²) >= 11 is 0. The van der Waals surface area contributed by atoms with E-state index < -0.39 is 6.16 Å². The summed E-state index contributed by atoms with van der Waals surface area (Å²) < 4.78 is 11.4. The van der Waals surface area contributed by atoms with Crippen molar-refractivity contribution in [2.75, 3.05) is 0 Å². The van der Waals surface area contributed by atoms with Gasteiger partial charge in [0.25, 0.3) is 0 Å². The largest absolute Gasteiger partial charge is 0.519 e. The zero-order valence-corrected chi connectivity index (χ0v) is 20.0. The van der Waals surface area contributed by atoms with Crippen molar-refractivity contribution < 1.29 is 14.3 Å². The van der Waals surface area contributed by atoms with Crippen LogP contribution in [0.5, 0.6) is 11.5 Å². The summed E-state index contributed by atoms with van der Waals surface area (Å²) in [5.74, 6) is 1.26. The summed E-state index contributed by atoms with van der Waals surface area (Å²) in [5, 5.41) is 0. The summed E-state index contributed by atoms with van der Waals surface area (Å²) in [5.41, 5.74) is 4.97. The highest BCUT2D eigenvalue weighted by Crippen LogP contribution is 2.30. The van der Waals surface area contributed by atoms with Crippen LogP contribution in [0.2, 0.25) is 0 Å². The molecule has 0 aromatic heterocycles. The highest BCUT2D eigenvalue weighted by molar-refractivity contribution is 5.68. The van der Waals surface area contributed by atoms with E-state index in [1.807, 2.05) is 30.3 Å². The second-order valence-electron chi connectivity index (χ2n) is 8.30. The molecule has 0 saturated heterocycles. The van der Waals surface area contributed by atoms with Crippen molar-refractivity contribution in [3.8, 4) is 11.5 Å². The van der Waals surface area contributed by atoms with Gasteiger partial charge >= 0.3 is 6.16 Å². The predicted molar refractivity (Wildman–Crippen MR) is 129 cm³/mol. The third-order valence-electron chi connectivity index (χ3n) is 5.66. The van der Waals surface area contributed by atoms with Crippen molar-refractivity contribution in [2.45, 2.75) is 98.3 Å². The summed E-state index contributed by atoms with van der Waals surface area (Å²) in [4.78, 5) is 12.7. The number of benzene rings is 2. The van der Waals surface area contributed by atoms with Crippen molar-refractivity contribution in [3.63, 3.8) is 0 Å². The van der Waals surface area contributed by atoms with Crippen molar-refractivity contribution in [1.82, 2.24) is 0 Å². The van der Waals surface area contributed by atoms with Crippen LogP contribution in [0.25, 0.3) is 0 Å². The molecule has 3 nitrogen and oxygen atoms in total. The quantitative estimate of drug-likeness (QED) is 0.184. The van der Waals surface area contributed by atoms with Gasteiger partial charge in [0, 0.05) is 0 Å². The molecule has 2 rings (SSSR count). The molecule has 0 saturated carbocycles. The predicted octanol–water partition coefficient (Wildman–Crippen LogP) is 8.24. The fourth-order valence-electron chi connectivity index (χ4n) is 4.16. The van der Waals surface area contributed by atoms with Gasteiger partial charge < -0.3 is 9.47 Å². The molecule has 0 aliphatic heterocycles. The van der Waals surface area contributed by atoms with Crippen LogP contribution in [0.15, 0.2) is 36.4 Å². The maximum atomic E-state index is 12.7. The Morgan fingerprint density at radius 3 is 2.00 bits per heavy atom. The Labute approximate surface area is 189 Å². The molecule has 3 heteroatoms. The normalized spacial score (nSPS) is 10.8. The first-order valence-electron chi connectivity index (χ1n) is 12.3. The fraction of sp³-hybridized carbons (Fsp3) is 0.536. The molecule has 170 valence electrons. The van der Waals surface area contributed by atoms with Crippen molar-refractivity contribution >= 4 is 6.16 Å². The molecule has 2 aromatic rings. The minimum atomic E-state index is -0.649. The fourth-order valence-corrected chi connectivity index (χ4v) is 4.16. The molecule has 0 heterocycles. The van der Waals surface area contributed by atoms with Gasteiger partial charge in [-0.15, -0.1) is 0 Å². The van der Waals surface area contributed by atoms with Gasteiger partial charge in [0.1, 0.15) is 11.5 Å². The van der Waals surface area contributed by atoms with E-state index in [9.17, 15) is 4.79 Å². The molecule has 0 spiro atoms. The van der Waals surface area contributed by atoms with E-state index in [0.717, 1.165) is 56.9 Å². The Morgan fingerprint density at radius 1 is 0.613 bits per heavy atom. The van der Waals surface area contributed by atoms with E-state index in [2.05, 4.69) is 33.8 Å². The number of hydrogen-bond donors (Lipinski definition) is 0. The highest BCUT2D eigenvalue weighted by Gasteiger charge is 2.18. The topological polar surface area (TPSA) is 35.5 Å². The lowest BCUT2D eigenvalue weighted by Gasteiger charge is -2.18. The molecule has 0 aliphatic carbocycles. The number of carbonyl (C=O) groups excluding carboxylic acids is 1. The molecule has 31 heavy (non-hydrogen) atoms. The van der Waals surface area contributed by atoms with Crippen LogP contribution < -0.4 is 9.47 Å². The van der Waals surface area contributed by atoms with E-state index in [-0.39, 0.29) is 0 Å². The van der Waals surface area contributed by atoms with Gasteiger partial charge in [0.05, 0.1) is 0 Å². The number of aryl methyl sites for hydroxylation is 2. The number of unbranched alkanes of at least 4 members (excludes halogenated alkanes) is 3. The Morgan fingerprint density at radius 2 is 1.29 bits per heavy atom. The van der Waals surface area contributed by atoms with Gasteiger partial charge in [-0.05, 0) is 66.5 Å². The first-order chi connectivity index (χ1) is 15.1. The van der Waals surface area contributed by atoms with Crippen LogP contribution in [-0.2, 0) is 25.7 Å². The first kappa shape index (κ1) is 25.0. The summed E-state index contributed by atoms with van der Waals surface area (Å²) in [6.45, 7) is 8.78. The second-order valence-corrected chi connectivity index (χ2v) is 8.30. The maximum absolute atomic E-state index is 12.7. The summed E-state index contributed by atoms with van der Waals surface area (Å²) in [6.07, 6.45) is 11.2. The number of hydrogen-bond acceptors (Lipinski definition) is 3. The van der Waals surface area contributed by atoms with E-state index in [1.54, 1.807) is 0 Å². The van der Waals surface area contributed by atoms with Crippen molar-refractivity contribution in [2.24, 2.45) is 0 Å². The highest BCUT2D eigenvalue weighted by atomic mass is 16.7. The van der Waals surface area contributed by atoms with E-state index in [1.165, 1.54) is 36.0 Å². The lowest BCUT2D eigenvalue weighted by molar-refractivity contribution is 0.151. The van der Waals surface area contributed by atoms with Crippen LogP contribution in [-0.4, -0.2) is 6.16 Å². The zero-order chi connectivity index (χ0) is 22.5. The third-order valence-corrected chi connectivity index (χ3v) is 5.66. The molecular formula is C28H40O3. The molecule has 0 atom stereocenters. The molecule has 0 bridgehead atoms. The number of ether oxygens (including phenoxy) is 2. The summed E-state index contributed by atoms with van der Waals surface area (Å²) in [7, 11) is 0. The lowest BCUT2D eigenvalue weighted by atomic mass is 9.91. The Hall–Kier alpha value is -2.29. The second kappa shape index (κ2) is 13.9. The Kier molecular flexibility index (Phi) is 11.2. The van der Waals surface area contributed by atoms with E-state index in [0.29, 0.717) is 11.5 Å². The average Bonchev–Trinajstić information content (AvgIpc) is 2.76. The number of carbonyl (C=O) groups is 1. The van der Waals surface area contributed by atoms with Gasteiger partial charge in [-0.3, -0.25) is 0 Å². The molecule has 0 radical (unpaired) electrons. The molecule has 0 N–H and O–H groups in total. The van der Waals surface area contributed by atoms with Crippen LogP contribution in [0.1, 0.15) is 94.9 Å². The van der Waals surface area contributed by atoms with E-state index >= 15 is 0 Å². The molecule has 0 unspecified atom stereocenters. The van der Waals surface area contributed by atoms with Gasteiger partial charge in [0.2, 0.25) is 0 Å². The van der Waals surface area contributed by atoms with Gasteiger partial charge in [-0.1, -0.05) is 90.5 Å². The first-order valence-corrected chi connectivity index (χ1v) is 12.3. The molecule has 0 fully saturated rings. The Balaban J connectivity index is 2.17.